The first-order valence-electron chi connectivity index (χ1n) is 7.12. The third kappa shape index (κ3) is 3.79. The van der Waals surface area contributed by atoms with Gasteiger partial charge in [0.1, 0.15) is 0 Å². The van der Waals surface area contributed by atoms with Crippen molar-refractivity contribution >= 4 is 11.6 Å². The van der Waals surface area contributed by atoms with Crippen molar-refractivity contribution in [2.75, 3.05) is 23.7 Å². The van der Waals surface area contributed by atoms with Crippen LogP contribution in [0, 0.1) is 17.6 Å². The van der Waals surface area contributed by atoms with Gasteiger partial charge in [0, 0.05) is 19.2 Å². The third-order valence-electron chi connectivity index (χ3n) is 3.54. The van der Waals surface area contributed by atoms with E-state index in [4.69, 9.17) is 0 Å². The van der Waals surface area contributed by atoms with Gasteiger partial charge in [0.2, 0.25) is 0 Å². The van der Waals surface area contributed by atoms with Crippen molar-refractivity contribution in [2.45, 2.75) is 38.7 Å². The smallest absolute Gasteiger partial charge is 0.168 e. The van der Waals surface area contributed by atoms with Crippen molar-refractivity contribution in [1.82, 2.24) is 4.98 Å². The summed E-state index contributed by atoms with van der Waals surface area (Å²) in [7, 11) is 0. The lowest BCUT2D eigenvalue weighted by molar-refractivity contribution is 0.178. The van der Waals surface area contributed by atoms with Crippen molar-refractivity contribution in [2.24, 2.45) is 5.92 Å². The van der Waals surface area contributed by atoms with E-state index in [1.54, 1.807) is 0 Å². The molecule has 0 bridgehead atoms. The van der Waals surface area contributed by atoms with Gasteiger partial charge >= 0.3 is 0 Å². The lowest BCUT2D eigenvalue weighted by Crippen LogP contribution is -2.15. The molecule has 1 saturated carbocycles. The Kier molecular flexibility index (Phi) is 5.11. The molecule has 4 nitrogen and oxygen atoms in total. The number of hydrogen-bond donors (Lipinski definition) is 3. The molecule has 0 saturated heterocycles. The predicted octanol–water partition coefficient (Wildman–Crippen LogP) is 2.75. The molecule has 2 atom stereocenters. The van der Waals surface area contributed by atoms with E-state index in [0.29, 0.717) is 19.0 Å². The van der Waals surface area contributed by atoms with Crippen LogP contribution in [0.1, 0.15) is 32.6 Å². The minimum Gasteiger partial charge on any atom is -0.393 e. The normalized spacial score (nSPS) is 22.0. The molecule has 0 spiro atoms. The van der Waals surface area contributed by atoms with Crippen LogP contribution in [0.4, 0.5) is 20.4 Å². The summed E-state index contributed by atoms with van der Waals surface area (Å²) in [4.78, 5) is 3.95. The Labute approximate surface area is 117 Å². The number of hydrogen-bond acceptors (Lipinski definition) is 4. The zero-order chi connectivity index (χ0) is 14.5. The first-order valence-corrected chi connectivity index (χ1v) is 7.12. The van der Waals surface area contributed by atoms with Gasteiger partial charge in [-0.25, -0.2) is 13.8 Å². The fraction of sp³-hybridized carbons (Fsp3) is 0.643. The van der Waals surface area contributed by atoms with Crippen LogP contribution in [0.3, 0.4) is 0 Å². The molecule has 1 aromatic heterocycles. The highest BCUT2D eigenvalue weighted by Crippen LogP contribution is 2.26. The van der Waals surface area contributed by atoms with Crippen LogP contribution in [0.25, 0.3) is 0 Å². The van der Waals surface area contributed by atoms with Crippen molar-refractivity contribution in [3.63, 3.8) is 0 Å². The molecule has 1 aliphatic carbocycles. The lowest BCUT2D eigenvalue weighted by Gasteiger charge is -2.13. The number of rotatable bonds is 6. The molecule has 0 amide bonds. The average Bonchev–Trinajstić information content (AvgIpc) is 2.82. The molecule has 6 heteroatoms. The van der Waals surface area contributed by atoms with Crippen molar-refractivity contribution in [3.05, 3.63) is 17.7 Å². The van der Waals surface area contributed by atoms with Crippen LogP contribution in [0.15, 0.2) is 6.07 Å². The van der Waals surface area contributed by atoms with Crippen LogP contribution in [-0.2, 0) is 0 Å². The lowest BCUT2D eigenvalue weighted by atomic mass is 10.1. The van der Waals surface area contributed by atoms with E-state index in [0.717, 1.165) is 31.7 Å². The molecule has 0 radical (unpaired) electrons. The number of halogens is 2. The largest absolute Gasteiger partial charge is 0.393 e. The van der Waals surface area contributed by atoms with Gasteiger partial charge in [0.25, 0.3) is 0 Å². The summed E-state index contributed by atoms with van der Waals surface area (Å²) in [5.74, 6) is -0.933. The molecule has 0 aliphatic heterocycles. The summed E-state index contributed by atoms with van der Waals surface area (Å²) in [6, 6.07) is 0.844. The molecule has 3 N–H and O–H groups in total. The van der Waals surface area contributed by atoms with E-state index in [2.05, 4.69) is 15.6 Å². The van der Waals surface area contributed by atoms with E-state index < -0.39 is 11.6 Å². The topological polar surface area (TPSA) is 57.2 Å². The van der Waals surface area contributed by atoms with Gasteiger partial charge in [0.15, 0.2) is 23.3 Å². The maximum atomic E-state index is 13.7. The quantitative estimate of drug-likeness (QED) is 0.752. The van der Waals surface area contributed by atoms with Crippen LogP contribution < -0.4 is 10.6 Å². The molecule has 20 heavy (non-hydrogen) atoms. The van der Waals surface area contributed by atoms with Gasteiger partial charge in [-0.05, 0) is 31.6 Å². The number of aliphatic hydroxyl groups is 1. The predicted molar refractivity (Wildman–Crippen MR) is 74.8 cm³/mol. The highest BCUT2D eigenvalue weighted by atomic mass is 19.1. The van der Waals surface area contributed by atoms with Gasteiger partial charge in [-0.15, -0.1) is 0 Å². The number of anilines is 2. The van der Waals surface area contributed by atoms with E-state index in [-0.39, 0.29) is 17.7 Å². The second-order valence-electron chi connectivity index (χ2n) is 5.29. The molecule has 1 aliphatic rings. The number of aliphatic hydroxyl groups excluding tert-OH is 1. The van der Waals surface area contributed by atoms with Crippen molar-refractivity contribution in [3.8, 4) is 0 Å². The van der Waals surface area contributed by atoms with E-state index in [9.17, 15) is 13.9 Å². The molecule has 1 aromatic rings. The Morgan fingerprint density at radius 1 is 1.25 bits per heavy atom. The van der Waals surface area contributed by atoms with Gasteiger partial charge < -0.3 is 15.7 Å². The van der Waals surface area contributed by atoms with Crippen LogP contribution in [-0.4, -0.2) is 29.3 Å². The van der Waals surface area contributed by atoms with E-state index in [1.165, 1.54) is 0 Å². The summed E-state index contributed by atoms with van der Waals surface area (Å²) in [5, 5.41) is 15.2. The SMILES string of the molecule is CCCNc1nc(NCC2CCC(O)C2)c(F)cc1F. The third-order valence-corrected chi connectivity index (χ3v) is 3.54. The van der Waals surface area contributed by atoms with Crippen molar-refractivity contribution < 1.29 is 13.9 Å². The Morgan fingerprint density at radius 2 is 1.95 bits per heavy atom. The number of pyridine rings is 1. The van der Waals surface area contributed by atoms with Gasteiger partial charge in [-0.1, -0.05) is 6.92 Å². The van der Waals surface area contributed by atoms with E-state index in [1.807, 2.05) is 6.92 Å². The molecule has 112 valence electrons. The summed E-state index contributed by atoms with van der Waals surface area (Å²) in [6.45, 7) is 3.09. The molecule has 1 heterocycles. The average molecular weight is 285 g/mol. The minimum atomic E-state index is -0.692. The minimum absolute atomic E-state index is 0.0615. The number of nitrogens with one attached hydrogen (secondary N) is 2. The highest BCUT2D eigenvalue weighted by molar-refractivity contribution is 5.47. The second-order valence-corrected chi connectivity index (χ2v) is 5.29. The molecule has 2 rings (SSSR count). The van der Waals surface area contributed by atoms with Crippen LogP contribution >= 0.6 is 0 Å². The van der Waals surface area contributed by atoms with Crippen molar-refractivity contribution in [1.29, 1.82) is 0 Å². The van der Waals surface area contributed by atoms with Gasteiger partial charge in [0.05, 0.1) is 6.10 Å². The maximum Gasteiger partial charge on any atom is 0.168 e. The number of aromatic nitrogens is 1. The zero-order valence-corrected chi connectivity index (χ0v) is 11.6. The molecule has 1 fully saturated rings. The Hall–Kier alpha value is -1.43. The second kappa shape index (κ2) is 6.83. The van der Waals surface area contributed by atoms with Crippen LogP contribution in [0.5, 0.6) is 0 Å². The Bertz CT molecular complexity index is 456. The summed E-state index contributed by atoms with van der Waals surface area (Å²) >= 11 is 0. The molecule has 0 aromatic carbocycles. The van der Waals surface area contributed by atoms with Gasteiger partial charge in [-0.2, -0.15) is 0 Å². The monoisotopic (exact) mass is 285 g/mol. The molecular weight excluding hydrogens is 264 g/mol. The zero-order valence-electron chi connectivity index (χ0n) is 11.6. The highest BCUT2D eigenvalue weighted by Gasteiger charge is 2.23. The Balaban J connectivity index is 1.99. The summed E-state index contributed by atoms with van der Waals surface area (Å²) in [6.07, 6.45) is 3.00. The molecule has 2 unspecified atom stereocenters. The summed E-state index contributed by atoms with van der Waals surface area (Å²) in [5.41, 5.74) is 0. The summed E-state index contributed by atoms with van der Waals surface area (Å²) < 4.78 is 27.2. The maximum absolute atomic E-state index is 13.7. The first-order chi connectivity index (χ1) is 9.60. The van der Waals surface area contributed by atoms with E-state index >= 15 is 0 Å². The fourth-order valence-electron chi connectivity index (χ4n) is 2.43. The van der Waals surface area contributed by atoms with Crippen LogP contribution in [0.2, 0.25) is 0 Å². The first kappa shape index (κ1) is 15.0. The number of nitrogens with zero attached hydrogens (tertiary/aromatic N) is 1. The van der Waals surface area contributed by atoms with Gasteiger partial charge in [-0.3, -0.25) is 0 Å². The fourth-order valence-corrected chi connectivity index (χ4v) is 2.43. The standard InChI is InChI=1S/C14H21F2N3O/c1-2-5-17-13-11(15)7-12(16)14(19-13)18-8-9-3-4-10(20)6-9/h7,9-10,20H,2-6,8H2,1H3,(H2,17,18,19). The Morgan fingerprint density at radius 3 is 2.55 bits per heavy atom. The molecular formula is C14H21F2N3O.